The highest BCUT2D eigenvalue weighted by Gasteiger charge is 2.03. The number of benzene rings is 1. The minimum Gasteiger partial charge on any atom is -0.490 e. The third-order valence-corrected chi connectivity index (χ3v) is 3.78. The van der Waals surface area contributed by atoms with Gasteiger partial charge in [0, 0.05) is 23.2 Å². The summed E-state index contributed by atoms with van der Waals surface area (Å²) < 4.78 is 18.6. The summed E-state index contributed by atoms with van der Waals surface area (Å²) in [6.07, 6.45) is 2.50. The molecule has 0 aliphatic rings. The van der Waals surface area contributed by atoms with Crippen LogP contribution in [0.5, 0.6) is 5.75 Å². The van der Waals surface area contributed by atoms with Gasteiger partial charge in [0.2, 0.25) is 0 Å². The fraction of sp³-hybridized carbons (Fsp3) is 0.250. The molecule has 0 aliphatic heterocycles. The van der Waals surface area contributed by atoms with E-state index < -0.39 is 0 Å². The highest BCUT2D eigenvalue weighted by atomic mass is 32.1. The number of thiazole rings is 1. The lowest BCUT2D eigenvalue weighted by Crippen LogP contribution is -2.02. The average molecular weight is 269 g/mol. The Balaban J connectivity index is 1.85. The van der Waals surface area contributed by atoms with Gasteiger partial charge in [0.15, 0.2) is 11.6 Å². The largest absolute Gasteiger partial charge is 0.490 e. The van der Waals surface area contributed by atoms with E-state index >= 15 is 0 Å². The van der Waals surface area contributed by atoms with Crippen LogP contribution in [0.15, 0.2) is 30.5 Å². The third-order valence-electron chi connectivity index (χ3n) is 2.17. The first-order valence-electron chi connectivity index (χ1n) is 5.21. The molecule has 0 radical (unpaired) electrons. The van der Waals surface area contributed by atoms with E-state index in [-0.39, 0.29) is 5.82 Å². The topological polar surface area (TPSA) is 22.1 Å². The number of thiol groups is 1. The zero-order chi connectivity index (χ0) is 12.1. The van der Waals surface area contributed by atoms with Crippen molar-refractivity contribution in [3.8, 4) is 5.75 Å². The second-order valence-electron chi connectivity index (χ2n) is 3.41. The summed E-state index contributed by atoms with van der Waals surface area (Å²) in [7, 11) is 0. The van der Waals surface area contributed by atoms with Crippen LogP contribution in [-0.4, -0.2) is 11.6 Å². The molecule has 0 saturated heterocycles. The monoisotopic (exact) mass is 269 g/mol. The van der Waals surface area contributed by atoms with E-state index in [4.69, 9.17) is 4.74 Å². The van der Waals surface area contributed by atoms with Crippen molar-refractivity contribution in [2.75, 3.05) is 6.61 Å². The van der Waals surface area contributed by atoms with E-state index in [1.165, 1.54) is 6.07 Å². The standard InChI is InChI=1S/C12H12FNOS2/c13-10-3-1-2-4-11(10)15-6-5-12-14-7-9(8-16)17-12/h1-4,7,16H,5-6,8H2. The Morgan fingerprint density at radius 2 is 2.18 bits per heavy atom. The van der Waals surface area contributed by atoms with Crippen LogP contribution in [0.4, 0.5) is 4.39 Å². The summed E-state index contributed by atoms with van der Waals surface area (Å²) >= 11 is 5.79. The highest BCUT2D eigenvalue weighted by molar-refractivity contribution is 7.79. The normalized spacial score (nSPS) is 10.5. The molecule has 5 heteroatoms. The van der Waals surface area contributed by atoms with Crippen molar-refractivity contribution in [1.82, 2.24) is 4.98 Å². The third kappa shape index (κ3) is 3.44. The molecule has 1 heterocycles. The minimum atomic E-state index is -0.331. The van der Waals surface area contributed by atoms with Gasteiger partial charge in [-0.2, -0.15) is 12.6 Å². The molecule has 90 valence electrons. The van der Waals surface area contributed by atoms with Crippen LogP contribution in [0.2, 0.25) is 0 Å². The van der Waals surface area contributed by atoms with Gasteiger partial charge in [-0.25, -0.2) is 9.37 Å². The maximum Gasteiger partial charge on any atom is 0.165 e. The summed E-state index contributed by atoms with van der Waals surface area (Å²) in [5.74, 6) is 0.660. The first-order chi connectivity index (χ1) is 8.29. The molecular weight excluding hydrogens is 257 g/mol. The number of halogens is 1. The average Bonchev–Trinajstić information content (AvgIpc) is 2.80. The smallest absolute Gasteiger partial charge is 0.165 e. The summed E-state index contributed by atoms with van der Waals surface area (Å²) in [4.78, 5) is 5.37. The zero-order valence-electron chi connectivity index (χ0n) is 9.10. The highest BCUT2D eigenvalue weighted by Crippen LogP contribution is 2.18. The minimum absolute atomic E-state index is 0.290. The summed E-state index contributed by atoms with van der Waals surface area (Å²) in [6.45, 7) is 0.431. The molecule has 1 aromatic heterocycles. The maximum absolute atomic E-state index is 13.2. The van der Waals surface area contributed by atoms with Gasteiger partial charge < -0.3 is 4.74 Å². The van der Waals surface area contributed by atoms with E-state index in [0.29, 0.717) is 24.5 Å². The van der Waals surface area contributed by atoms with Gasteiger partial charge in [-0.05, 0) is 12.1 Å². The van der Waals surface area contributed by atoms with E-state index in [0.717, 1.165) is 9.88 Å². The van der Waals surface area contributed by atoms with Crippen LogP contribution < -0.4 is 4.74 Å². The Hall–Kier alpha value is -1.07. The number of ether oxygens (including phenoxy) is 1. The summed E-state index contributed by atoms with van der Waals surface area (Å²) in [5, 5.41) is 0.991. The van der Waals surface area contributed by atoms with E-state index in [2.05, 4.69) is 17.6 Å². The summed E-state index contributed by atoms with van der Waals surface area (Å²) in [5.41, 5.74) is 0. The van der Waals surface area contributed by atoms with Crippen molar-refractivity contribution in [1.29, 1.82) is 0 Å². The fourth-order valence-electron chi connectivity index (χ4n) is 1.35. The van der Waals surface area contributed by atoms with Crippen molar-refractivity contribution in [2.24, 2.45) is 0 Å². The molecule has 0 aliphatic carbocycles. The SMILES string of the molecule is Fc1ccccc1OCCc1ncc(CS)s1. The number of rotatable bonds is 5. The first kappa shape index (κ1) is 12.4. The lowest BCUT2D eigenvalue weighted by molar-refractivity contribution is 0.305. The molecular formula is C12H12FNOS2. The molecule has 0 spiro atoms. The second-order valence-corrected chi connectivity index (χ2v) is 4.92. The van der Waals surface area contributed by atoms with Crippen LogP contribution in [0, 0.1) is 5.82 Å². The molecule has 0 unspecified atom stereocenters. The van der Waals surface area contributed by atoms with E-state index in [1.54, 1.807) is 29.5 Å². The molecule has 2 aromatic rings. The molecule has 0 bridgehead atoms. The van der Waals surface area contributed by atoms with Gasteiger partial charge in [0.25, 0.3) is 0 Å². The number of aromatic nitrogens is 1. The number of para-hydroxylation sites is 1. The number of nitrogens with zero attached hydrogens (tertiary/aromatic N) is 1. The molecule has 1 aromatic carbocycles. The van der Waals surface area contributed by atoms with Gasteiger partial charge in [-0.3, -0.25) is 0 Å². The lowest BCUT2D eigenvalue weighted by atomic mass is 10.3. The van der Waals surface area contributed by atoms with Crippen molar-refractivity contribution >= 4 is 24.0 Å². The van der Waals surface area contributed by atoms with E-state index in [9.17, 15) is 4.39 Å². The molecule has 2 nitrogen and oxygen atoms in total. The van der Waals surface area contributed by atoms with Crippen molar-refractivity contribution in [3.05, 3.63) is 46.2 Å². The molecule has 0 N–H and O–H groups in total. The molecule has 0 saturated carbocycles. The predicted octanol–water partition coefficient (Wildman–Crippen LogP) is 3.33. The molecule has 0 fully saturated rings. The van der Waals surface area contributed by atoms with Crippen molar-refractivity contribution in [2.45, 2.75) is 12.2 Å². The Kier molecular flexibility index (Phi) is 4.39. The van der Waals surface area contributed by atoms with Crippen LogP contribution in [0.3, 0.4) is 0 Å². The molecule has 2 rings (SSSR count). The van der Waals surface area contributed by atoms with Crippen LogP contribution in [0.1, 0.15) is 9.88 Å². The van der Waals surface area contributed by atoms with Gasteiger partial charge in [0.05, 0.1) is 11.6 Å². The predicted molar refractivity (Wildman–Crippen MR) is 70.4 cm³/mol. The molecule has 0 amide bonds. The van der Waals surface area contributed by atoms with Crippen LogP contribution in [0.25, 0.3) is 0 Å². The fourth-order valence-corrected chi connectivity index (χ4v) is 2.39. The number of hydrogen-bond donors (Lipinski definition) is 1. The van der Waals surface area contributed by atoms with Gasteiger partial charge in [-0.1, -0.05) is 12.1 Å². The number of hydrogen-bond acceptors (Lipinski definition) is 4. The first-order valence-corrected chi connectivity index (χ1v) is 6.66. The maximum atomic E-state index is 13.2. The lowest BCUT2D eigenvalue weighted by Gasteiger charge is -2.05. The molecule has 17 heavy (non-hydrogen) atoms. The Labute approximate surface area is 109 Å². The Bertz CT molecular complexity index is 487. The summed E-state index contributed by atoms with van der Waals surface area (Å²) in [6, 6.07) is 6.40. The van der Waals surface area contributed by atoms with Gasteiger partial charge in [-0.15, -0.1) is 11.3 Å². The van der Waals surface area contributed by atoms with Crippen molar-refractivity contribution < 1.29 is 9.13 Å². The Morgan fingerprint density at radius 3 is 2.88 bits per heavy atom. The van der Waals surface area contributed by atoms with Gasteiger partial charge >= 0.3 is 0 Å². The van der Waals surface area contributed by atoms with Gasteiger partial charge in [0.1, 0.15) is 0 Å². The zero-order valence-corrected chi connectivity index (χ0v) is 10.8. The second kappa shape index (κ2) is 6.02. The quantitative estimate of drug-likeness (QED) is 0.841. The van der Waals surface area contributed by atoms with Crippen LogP contribution >= 0.6 is 24.0 Å². The van der Waals surface area contributed by atoms with Crippen LogP contribution in [-0.2, 0) is 12.2 Å². The van der Waals surface area contributed by atoms with Crippen molar-refractivity contribution in [3.63, 3.8) is 0 Å². The molecule has 0 atom stereocenters. The Morgan fingerprint density at radius 1 is 1.35 bits per heavy atom. The van der Waals surface area contributed by atoms with E-state index in [1.807, 2.05) is 6.20 Å².